The summed E-state index contributed by atoms with van der Waals surface area (Å²) in [5, 5.41) is 0. The second kappa shape index (κ2) is 16.8. The van der Waals surface area contributed by atoms with Gasteiger partial charge in [-0.15, -0.1) is 0 Å². The van der Waals surface area contributed by atoms with Crippen molar-refractivity contribution >= 4 is 6.29 Å². The number of hydrogen-bond acceptors (Lipinski definition) is 1. The summed E-state index contributed by atoms with van der Waals surface area (Å²) in [6.45, 7) is 8.49. The monoisotopic (exact) mass is 226 g/mol. The molecule has 0 aromatic carbocycles. The summed E-state index contributed by atoms with van der Waals surface area (Å²) < 4.78 is 0. The number of unbranched alkanes of at least 4 members (excludes halogenated alkanes) is 3. The fourth-order valence-electron chi connectivity index (χ4n) is 1.32. The van der Waals surface area contributed by atoms with E-state index >= 15 is 0 Å². The van der Waals surface area contributed by atoms with Gasteiger partial charge in [0.15, 0.2) is 0 Å². The molecular weight excluding hydrogens is 196 g/mol. The van der Waals surface area contributed by atoms with Gasteiger partial charge in [0.25, 0.3) is 0 Å². The Morgan fingerprint density at radius 2 is 1.69 bits per heavy atom. The van der Waals surface area contributed by atoms with Crippen molar-refractivity contribution < 1.29 is 4.79 Å². The Bertz CT molecular complexity index is 150. The van der Waals surface area contributed by atoms with Crippen LogP contribution in [0, 0.1) is 5.92 Å². The molecule has 0 aromatic rings. The van der Waals surface area contributed by atoms with Crippen molar-refractivity contribution in [3.63, 3.8) is 0 Å². The van der Waals surface area contributed by atoms with Gasteiger partial charge < -0.3 is 4.79 Å². The summed E-state index contributed by atoms with van der Waals surface area (Å²) in [6.07, 6.45) is 13.8. The number of aldehydes is 1. The smallest absolute Gasteiger partial charge is 0.123 e. The van der Waals surface area contributed by atoms with Crippen LogP contribution in [0.25, 0.3) is 0 Å². The van der Waals surface area contributed by atoms with Crippen molar-refractivity contribution in [3.8, 4) is 0 Å². The Hall–Kier alpha value is -0.590. The van der Waals surface area contributed by atoms with E-state index in [9.17, 15) is 4.79 Å². The van der Waals surface area contributed by atoms with Crippen molar-refractivity contribution in [2.45, 2.75) is 72.6 Å². The van der Waals surface area contributed by atoms with E-state index in [4.69, 9.17) is 0 Å². The fraction of sp³-hybridized carbons (Fsp3) is 0.800. The van der Waals surface area contributed by atoms with Crippen molar-refractivity contribution in [1.82, 2.24) is 0 Å². The lowest BCUT2D eigenvalue weighted by Gasteiger charge is -2.03. The highest BCUT2D eigenvalue weighted by Crippen LogP contribution is 2.08. The third kappa shape index (κ3) is 15.9. The van der Waals surface area contributed by atoms with Crippen LogP contribution in [0.2, 0.25) is 0 Å². The van der Waals surface area contributed by atoms with Crippen molar-refractivity contribution in [1.29, 1.82) is 0 Å². The van der Waals surface area contributed by atoms with Crippen LogP contribution in [0.3, 0.4) is 0 Å². The molecule has 0 aromatic heterocycles. The van der Waals surface area contributed by atoms with Gasteiger partial charge in [0, 0.05) is 5.92 Å². The van der Waals surface area contributed by atoms with Gasteiger partial charge in [-0.3, -0.25) is 0 Å². The molecule has 1 heteroatoms. The summed E-state index contributed by atoms with van der Waals surface area (Å²) in [5.74, 6) is 0.324. The van der Waals surface area contributed by atoms with E-state index in [2.05, 4.69) is 39.8 Å². The molecule has 1 nitrogen and oxygen atoms in total. The molecule has 0 amide bonds. The Morgan fingerprint density at radius 3 is 2.06 bits per heavy atom. The molecule has 0 aliphatic rings. The molecule has 0 bridgehead atoms. The molecule has 0 aliphatic carbocycles. The quantitative estimate of drug-likeness (QED) is 0.317. The maximum Gasteiger partial charge on any atom is 0.123 e. The van der Waals surface area contributed by atoms with Crippen LogP contribution in [0.5, 0.6) is 0 Å². The fourth-order valence-corrected chi connectivity index (χ4v) is 1.32. The largest absolute Gasteiger partial charge is 0.303 e. The van der Waals surface area contributed by atoms with Crippen LogP contribution in [0.15, 0.2) is 12.2 Å². The topological polar surface area (TPSA) is 17.1 Å². The molecule has 0 saturated carbocycles. The van der Waals surface area contributed by atoms with Gasteiger partial charge in [0.05, 0.1) is 0 Å². The van der Waals surface area contributed by atoms with E-state index in [0.29, 0.717) is 5.92 Å². The summed E-state index contributed by atoms with van der Waals surface area (Å²) in [4.78, 5) is 10.2. The molecule has 0 N–H and O–H groups in total. The summed E-state index contributed by atoms with van der Waals surface area (Å²) in [6, 6.07) is 0. The van der Waals surface area contributed by atoms with Gasteiger partial charge in [-0.2, -0.15) is 0 Å². The number of hydrogen-bond donors (Lipinski definition) is 0. The summed E-state index contributed by atoms with van der Waals surface area (Å²) >= 11 is 0. The zero-order valence-corrected chi connectivity index (χ0v) is 11.7. The Balaban J connectivity index is 0. The van der Waals surface area contributed by atoms with Crippen LogP contribution < -0.4 is 0 Å². The van der Waals surface area contributed by atoms with Crippen LogP contribution in [-0.2, 0) is 4.79 Å². The molecule has 1 unspecified atom stereocenters. The van der Waals surface area contributed by atoms with Crippen LogP contribution in [0.4, 0.5) is 0 Å². The molecule has 0 radical (unpaired) electrons. The normalized spacial score (nSPS) is 12.0. The number of allylic oxidation sites excluding steroid dienone is 2. The predicted molar refractivity (Wildman–Crippen MR) is 73.7 cm³/mol. The number of rotatable bonds is 8. The van der Waals surface area contributed by atoms with Crippen molar-refractivity contribution in [3.05, 3.63) is 12.2 Å². The van der Waals surface area contributed by atoms with Gasteiger partial charge in [-0.1, -0.05) is 58.6 Å². The first kappa shape index (κ1) is 17.8. The lowest BCUT2D eigenvalue weighted by Crippen LogP contribution is -1.98. The van der Waals surface area contributed by atoms with E-state index in [1.54, 1.807) is 0 Å². The lowest BCUT2D eigenvalue weighted by molar-refractivity contribution is -0.111. The van der Waals surface area contributed by atoms with Crippen molar-refractivity contribution in [2.75, 3.05) is 0 Å². The Morgan fingerprint density at radius 1 is 1.06 bits per heavy atom. The molecule has 0 spiro atoms. The van der Waals surface area contributed by atoms with Gasteiger partial charge in [-0.05, 0) is 26.2 Å². The van der Waals surface area contributed by atoms with Crippen molar-refractivity contribution in [2.24, 2.45) is 5.92 Å². The second-order valence-corrected chi connectivity index (χ2v) is 4.16. The van der Waals surface area contributed by atoms with Gasteiger partial charge >= 0.3 is 0 Å². The molecule has 0 fully saturated rings. The zero-order chi connectivity index (χ0) is 12.6. The maximum absolute atomic E-state index is 10.2. The molecule has 16 heavy (non-hydrogen) atoms. The first-order valence-electron chi connectivity index (χ1n) is 6.83. The summed E-state index contributed by atoms with van der Waals surface area (Å²) in [7, 11) is 0. The van der Waals surface area contributed by atoms with Gasteiger partial charge in [0.1, 0.15) is 6.29 Å². The minimum Gasteiger partial charge on any atom is -0.303 e. The minimum atomic E-state index is 0.324. The van der Waals surface area contributed by atoms with Crippen LogP contribution in [0.1, 0.15) is 72.6 Å². The zero-order valence-electron chi connectivity index (χ0n) is 11.7. The third-order valence-corrected chi connectivity index (χ3v) is 2.61. The molecule has 0 heterocycles. The molecule has 0 rings (SSSR count). The van der Waals surface area contributed by atoms with Crippen LogP contribution >= 0.6 is 0 Å². The Kier molecular flexibility index (Phi) is 18.7. The minimum absolute atomic E-state index is 0.324. The Labute approximate surface area is 102 Å². The third-order valence-electron chi connectivity index (χ3n) is 2.61. The first-order valence-corrected chi connectivity index (χ1v) is 6.83. The highest BCUT2D eigenvalue weighted by molar-refractivity contribution is 5.53. The van der Waals surface area contributed by atoms with E-state index < -0.39 is 0 Å². The SMILES string of the molecule is CC=CCCCC.CCCCC(C=O)CC. The van der Waals surface area contributed by atoms with E-state index in [1.165, 1.54) is 32.1 Å². The predicted octanol–water partition coefficient (Wildman–Crippen LogP) is 5.15. The van der Waals surface area contributed by atoms with Crippen LogP contribution in [-0.4, -0.2) is 6.29 Å². The molecule has 0 aliphatic heterocycles. The average molecular weight is 226 g/mol. The molecule has 96 valence electrons. The average Bonchev–Trinajstić information content (AvgIpc) is 2.32. The van der Waals surface area contributed by atoms with E-state index in [1.807, 2.05) is 0 Å². The maximum atomic E-state index is 10.2. The first-order chi connectivity index (χ1) is 7.76. The van der Waals surface area contributed by atoms with Gasteiger partial charge in [0.2, 0.25) is 0 Å². The standard InChI is InChI=1S/C8H16O.C7H14/c1-3-5-6-8(4-2)7-9;1-3-5-7-6-4-2/h7-8H,3-6H2,1-2H3;3,5H,4,6-7H2,1-2H3. The molecule has 1 atom stereocenters. The van der Waals surface area contributed by atoms with E-state index in [-0.39, 0.29) is 0 Å². The molecule has 0 saturated heterocycles. The highest BCUT2D eigenvalue weighted by atomic mass is 16.1. The number of carbonyl (C=O) groups excluding carboxylic acids is 1. The highest BCUT2D eigenvalue weighted by Gasteiger charge is 2.01. The summed E-state index contributed by atoms with van der Waals surface area (Å²) in [5.41, 5.74) is 0. The lowest BCUT2D eigenvalue weighted by atomic mass is 10.0. The number of carbonyl (C=O) groups is 1. The second-order valence-electron chi connectivity index (χ2n) is 4.16. The van der Waals surface area contributed by atoms with E-state index in [0.717, 1.165) is 19.1 Å². The van der Waals surface area contributed by atoms with Gasteiger partial charge in [-0.25, -0.2) is 0 Å². The molecular formula is C15H30O.